The van der Waals surface area contributed by atoms with Crippen LogP contribution in [0.5, 0.6) is 0 Å². The van der Waals surface area contributed by atoms with Crippen LogP contribution >= 0.6 is 11.3 Å². The van der Waals surface area contributed by atoms with Gasteiger partial charge in [0.15, 0.2) is 0 Å². The standard InChI is InChI=1S/C18H27N3O2S/c22-17(20-6-8-23-9-7-20)13-21(12-15-1-10-24-14-15)16-11-18(16)2-4-19-5-3-18/h1,10,14,16,19H,2-9,11-13H2/t16-/m0/s1. The average molecular weight is 350 g/mol. The van der Waals surface area contributed by atoms with Gasteiger partial charge in [-0.1, -0.05) is 0 Å². The number of hydrogen-bond donors (Lipinski definition) is 1. The van der Waals surface area contributed by atoms with Gasteiger partial charge in [-0.15, -0.1) is 0 Å². The molecule has 0 unspecified atom stereocenters. The number of ether oxygens (including phenoxy) is 1. The number of thiophene rings is 1. The SMILES string of the molecule is O=C(CN(Cc1ccsc1)[C@H]1CC12CCNCC2)N1CCOCC1. The number of carbonyl (C=O) groups excluding carboxylic acids is 1. The Morgan fingerprint density at radius 3 is 2.88 bits per heavy atom. The van der Waals surface area contributed by atoms with E-state index in [4.69, 9.17) is 4.74 Å². The lowest BCUT2D eigenvalue weighted by atomic mass is 9.93. The van der Waals surface area contributed by atoms with Gasteiger partial charge in [-0.2, -0.15) is 11.3 Å². The lowest BCUT2D eigenvalue weighted by molar-refractivity contribution is -0.136. The van der Waals surface area contributed by atoms with E-state index in [0.717, 1.165) is 32.7 Å². The van der Waals surface area contributed by atoms with Crippen LogP contribution in [0.3, 0.4) is 0 Å². The van der Waals surface area contributed by atoms with E-state index in [-0.39, 0.29) is 5.91 Å². The fourth-order valence-corrected chi connectivity index (χ4v) is 4.94. The van der Waals surface area contributed by atoms with Crippen LogP contribution in [0, 0.1) is 5.41 Å². The summed E-state index contributed by atoms with van der Waals surface area (Å²) < 4.78 is 5.38. The van der Waals surface area contributed by atoms with Crippen molar-refractivity contribution < 1.29 is 9.53 Å². The summed E-state index contributed by atoms with van der Waals surface area (Å²) in [7, 11) is 0. The minimum atomic E-state index is 0.268. The quantitative estimate of drug-likeness (QED) is 0.876. The summed E-state index contributed by atoms with van der Waals surface area (Å²) in [6, 6.07) is 2.76. The molecular weight excluding hydrogens is 322 g/mol. The molecule has 3 aliphatic rings. The van der Waals surface area contributed by atoms with Crippen molar-refractivity contribution in [2.45, 2.75) is 31.8 Å². The molecule has 0 bridgehead atoms. The summed E-state index contributed by atoms with van der Waals surface area (Å²) >= 11 is 1.74. The van der Waals surface area contributed by atoms with E-state index in [1.54, 1.807) is 11.3 Å². The molecule has 5 nitrogen and oxygen atoms in total. The normalized spacial score (nSPS) is 26.0. The topological polar surface area (TPSA) is 44.8 Å². The van der Waals surface area contributed by atoms with Gasteiger partial charge < -0.3 is 15.0 Å². The first-order valence-electron chi connectivity index (χ1n) is 9.08. The second-order valence-electron chi connectivity index (χ2n) is 7.36. The van der Waals surface area contributed by atoms with E-state index in [1.807, 2.05) is 4.90 Å². The van der Waals surface area contributed by atoms with Crippen LogP contribution in [0.2, 0.25) is 0 Å². The first kappa shape index (κ1) is 16.5. The second-order valence-corrected chi connectivity index (χ2v) is 8.14. The number of rotatable bonds is 5. The van der Waals surface area contributed by atoms with E-state index < -0.39 is 0 Å². The maximum Gasteiger partial charge on any atom is 0.236 e. The monoisotopic (exact) mass is 349 g/mol. The third-order valence-corrected chi connectivity index (χ3v) is 6.59. The predicted octanol–water partition coefficient (Wildman–Crippen LogP) is 1.55. The fourth-order valence-electron chi connectivity index (χ4n) is 4.28. The first-order chi connectivity index (χ1) is 11.8. The summed E-state index contributed by atoms with van der Waals surface area (Å²) in [6.45, 7) is 6.54. The molecule has 24 heavy (non-hydrogen) atoms. The van der Waals surface area contributed by atoms with Gasteiger partial charge in [0.1, 0.15) is 0 Å². The predicted molar refractivity (Wildman–Crippen MR) is 95.1 cm³/mol. The van der Waals surface area contributed by atoms with Crippen molar-refractivity contribution in [1.82, 2.24) is 15.1 Å². The highest BCUT2D eigenvalue weighted by Gasteiger charge is 2.56. The molecule has 3 heterocycles. The van der Waals surface area contributed by atoms with E-state index in [9.17, 15) is 4.79 Å². The van der Waals surface area contributed by atoms with Crippen molar-refractivity contribution in [1.29, 1.82) is 0 Å². The molecule has 6 heteroatoms. The summed E-state index contributed by atoms with van der Waals surface area (Å²) in [6.07, 6.45) is 3.77. The van der Waals surface area contributed by atoms with Crippen LogP contribution in [-0.4, -0.2) is 67.7 Å². The molecule has 1 aromatic rings. The zero-order chi connectivity index (χ0) is 16.4. The van der Waals surface area contributed by atoms with E-state index in [0.29, 0.717) is 31.2 Å². The molecule has 2 aliphatic heterocycles. The van der Waals surface area contributed by atoms with Crippen molar-refractivity contribution in [3.05, 3.63) is 22.4 Å². The maximum atomic E-state index is 12.8. The lowest BCUT2D eigenvalue weighted by Crippen LogP contribution is -2.47. The number of nitrogens with zero attached hydrogens (tertiary/aromatic N) is 2. The van der Waals surface area contributed by atoms with Gasteiger partial charge in [-0.25, -0.2) is 0 Å². The lowest BCUT2D eigenvalue weighted by Gasteiger charge is -2.32. The number of nitrogens with one attached hydrogen (secondary N) is 1. The highest BCUT2D eigenvalue weighted by molar-refractivity contribution is 7.07. The molecule has 3 fully saturated rings. The van der Waals surface area contributed by atoms with Crippen molar-refractivity contribution in [3.8, 4) is 0 Å². The van der Waals surface area contributed by atoms with Crippen LogP contribution in [0.15, 0.2) is 16.8 Å². The van der Waals surface area contributed by atoms with Gasteiger partial charge in [0.25, 0.3) is 0 Å². The minimum Gasteiger partial charge on any atom is -0.378 e. The van der Waals surface area contributed by atoms with Gasteiger partial charge in [0.05, 0.1) is 19.8 Å². The average Bonchev–Trinajstić information content (AvgIpc) is 3.06. The number of morpholine rings is 1. The van der Waals surface area contributed by atoms with Gasteiger partial charge in [-0.05, 0) is 60.2 Å². The van der Waals surface area contributed by atoms with Crippen molar-refractivity contribution >= 4 is 17.2 Å². The van der Waals surface area contributed by atoms with Crippen LogP contribution in [0.25, 0.3) is 0 Å². The summed E-state index contributed by atoms with van der Waals surface area (Å²) in [5, 5.41) is 7.81. The van der Waals surface area contributed by atoms with Crippen LogP contribution in [0.4, 0.5) is 0 Å². The van der Waals surface area contributed by atoms with E-state index in [2.05, 4.69) is 27.0 Å². The highest BCUT2D eigenvalue weighted by atomic mass is 32.1. The zero-order valence-corrected chi connectivity index (χ0v) is 15.0. The molecular formula is C18H27N3O2S. The van der Waals surface area contributed by atoms with Gasteiger partial charge >= 0.3 is 0 Å². The minimum absolute atomic E-state index is 0.268. The van der Waals surface area contributed by atoms with Gasteiger partial charge in [-0.3, -0.25) is 9.69 Å². The Bertz CT molecular complexity index is 551. The molecule has 1 spiro atoms. The molecule has 1 aliphatic carbocycles. The third kappa shape index (κ3) is 3.52. The molecule has 1 saturated carbocycles. The van der Waals surface area contributed by atoms with Crippen LogP contribution in [0.1, 0.15) is 24.8 Å². The second kappa shape index (κ2) is 7.12. The molecule has 1 N–H and O–H groups in total. The molecule has 0 radical (unpaired) electrons. The van der Waals surface area contributed by atoms with E-state index >= 15 is 0 Å². The Labute approximate surface area is 148 Å². The van der Waals surface area contributed by atoms with Crippen molar-refractivity contribution in [2.24, 2.45) is 5.41 Å². The molecule has 4 rings (SSSR count). The molecule has 1 atom stereocenters. The number of hydrogen-bond acceptors (Lipinski definition) is 5. The Balaban J connectivity index is 1.43. The first-order valence-corrected chi connectivity index (χ1v) is 10.0. The van der Waals surface area contributed by atoms with Crippen LogP contribution in [-0.2, 0) is 16.1 Å². The Morgan fingerprint density at radius 1 is 1.38 bits per heavy atom. The third-order valence-electron chi connectivity index (χ3n) is 5.85. The van der Waals surface area contributed by atoms with E-state index in [1.165, 1.54) is 24.8 Å². The summed E-state index contributed by atoms with van der Waals surface area (Å²) in [5.74, 6) is 0.268. The highest BCUT2D eigenvalue weighted by Crippen LogP contribution is 2.56. The molecule has 0 aromatic carbocycles. The van der Waals surface area contributed by atoms with Crippen molar-refractivity contribution in [3.63, 3.8) is 0 Å². The Morgan fingerprint density at radius 2 is 2.17 bits per heavy atom. The summed E-state index contributed by atoms with van der Waals surface area (Å²) in [4.78, 5) is 17.2. The summed E-state index contributed by atoms with van der Waals surface area (Å²) in [5.41, 5.74) is 1.80. The number of amides is 1. The maximum absolute atomic E-state index is 12.8. The van der Waals surface area contributed by atoms with Gasteiger partial charge in [0.2, 0.25) is 5.91 Å². The zero-order valence-electron chi connectivity index (χ0n) is 14.2. The van der Waals surface area contributed by atoms with Crippen LogP contribution < -0.4 is 5.32 Å². The Hall–Kier alpha value is -0.950. The molecule has 1 aromatic heterocycles. The van der Waals surface area contributed by atoms with Crippen molar-refractivity contribution in [2.75, 3.05) is 45.9 Å². The molecule has 132 valence electrons. The smallest absolute Gasteiger partial charge is 0.236 e. The number of carbonyl (C=O) groups is 1. The van der Waals surface area contributed by atoms with Gasteiger partial charge in [0, 0.05) is 25.7 Å². The fraction of sp³-hybridized carbons (Fsp3) is 0.722. The largest absolute Gasteiger partial charge is 0.378 e. The molecule has 1 amide bonds. The molecule has 2 saturated heterocycles. The Kier molecular flexibility index (Phi) is 4.90. The number of piperidine rings is 1.